The van der Waals surface area contributed by atoms with Gasteiger partial charge in [0.2, 0.25) is 5.91 Å². The first kappa shape index (κ1) is 18.4. The van der Waals surface area contributed by atoms with Gasteiger partial charge < -0.3 is 15.2 Å². The van der Waals surface area contributed by atoms with Gasteiger partial charge in [0.25, 0.3) is 0 Å². The van der Waals surface area contributed by atoms with Crippen LogP contribution in [0.2, 0.25) is 0 Å². The molecule has 0 bridgehead atoms. The van der Waals surface area contributed by atoms with E-state index in [0.29, 0.717) is 19.6 Å². The van der Waals surface area contributed by atoms with Crippen LogP contribution in [0.1, 0.15) is 28.7 Å². The van der Waals surface area contributed by atoms with Crippen LogP contribution in [0.25, 0.3) is 0 Å². The summed E-state index contributed by atoms with van der Waals surface area (Å²) in [4.78, 5) is 14.9. The molecule has 1 atom stereocenters. The Balaban J connectivity index is 1.44. The van der Waals surface area contributed by atoms with Crippen molar-refractivity contribution in [3.05, 3.63) is 83.4 Å². The lowest BCUT2D eigenvalue weighted by Gasteiger charge is -2.31. The highest BCUT2D eigenvalue weighted by atomic mass is 16.2. The maximum Gasteiger partial charge on any atom is 0.231 e. The van der Waals surface area contributed by atoms with Gasteiger partial charge in [0.15, 0.2) is 5.82 Å². The van der Waals surface area contributed by atoms with E-state index in [-0.39, 0.29) is 11.8 Å². The molecule has 0 spiro atoms. The molecular formula is C22H25N5O. The Morgan fingerprint density at radius 3 is 2.39 bits per heavy atom. The maximum atomic E-state index is 13.0. The molecule has 1 amide bonds. The molecule has 1 aliphatic rings. The third kappa shape index (κ3) is 3.82. The molecule has 0 saturated heterocycles. The Hall–Kier alpha value is -2.99. The first-order valence-corrected chi connectivity index (χ1v) is 9.75. The molecular weight excluding hydrogens is 350 g/mol. The van der Waals surface area contributed by atoms with Crippen molar-refractivity contribution in [2.75, 3.05) is 13.1 Å². The molecule has 0 fully saturated rings. The number of aromatic nitrogens is 3. The number of aryl methyl sites for hydroxylation is 2. The van der Waals surface area contributed by atoms with Gasteiger partial charge in [-0.1, -0.05) is 60.7 Å². The molecule has 2 N–H and O–H groups in total. The van der Waals surface area contributed by atoms with Crippen molar-refractivity contribution in [2.45, 2.75) is 31.8 Å². The number of amides is 1. The smallest absolute Gasteiger partial charge is 0.231 e. The van der Waals surface area contributed by atoms with Gasteiger partial charge in [-0.3, -0.25) is 4.79 Å². The quantitative estimate of drug-likeness (QED) is 0.716. The summed E-state index contributed by atoms with van der Waals surface area (Å²) in [5, 5.41) is 8.73. The number of hydrogen-bond acceptors (Lipinski definition) is 4. The molecule has 6 nitrogen and oxygen atoms in total. The Kier molecular flexibility index (Phi) is 5.48. The van der Waals surface area contributed by atoms with E-state index >= 15 is 0 Å². The fourth-order valence-electron chi connectivity index (χ4n) is 3.78. The summed E-state index contributed by atoms with van der Waals surface area (Å²) in [7, 11) is 0. The van der Waals surface area contributed by atoms with Crippen LogP contribution < -0.4 is 5.73 Å². The molecule has 144 valence electrons. The molecule has 1 aromatic heterocycles. The lowest BCUT2D eigenvalue weighted by molar-refractivity contribution is -0.134. The van der Waals surface area contributed by atoms with Gasteiger partial charge in [0.1, 0.15) is 5.82 Å². The zero-order chi connectivity index (χ0) is 19.3. The molecule has 2 aromatic carbocycles. The van der Waals surface area contributed by atoms with Gasteiger partial charge >= 0.3 is 0 Å². The monoisotopic (exact) mass is 375 g/mol. The van der Waals surface area contributed by atoms with Gasteiger partial charge in [-0.15, -0.1) is 10.2 Å². The second-order valence-electron chi connectivity index (χ2n) is 7.13. The summed E-state index contributed by atoms with van der Waals surface area (Å²) in [6.45, 7) is 2.17. The van der Waals surface area contributed by atoms with Crippen LogP contribution in [-0.4, -0.2) is 38.7 Å². The summed E-state index contributed by atoms with van der Waals surface area (Å²) in [5.74, 6) is 1.60. The number of hydrogen-bond donors (Lipinski definition) is 1. The van der Waals surface area contributed by atoms with E-state index in [2.05, 4.69) is 39.0 Å². The van der Waals surface area contributed by atoms with Crippen LogP contribution in [0.3, 0.4) is 0 Å². The van der Waals surface area contributed by atoms with E-state index in [4.69, 9.17) is 5.73 Å². The van der Waals surface area contributed by atoms with Crippen LogP contribution in [0.4, 0.5) is 0 Å². The maximum absolute atomic E-state index is 13.0. The SMILES string of the molecule is NCC(C(=O)N1CCn2c(CCc3ccccc3)nnc2C1)c1ccccc1. The van der Waals surface area contributed by atoms with Gasteiger partial charge in [-0.25, -0.2) is 0 Å². The van der Waals surface area contributed by atoms with Crippen LogP contribution in [-0.2, 0) is 30.7 Å². The number of carbonyl (C=O) groups excluding carboxylic acids is 1. The molecule has 0 aliphatic carbocycles. The van der Waals surface area contributed by atoms with E-state index in [9.17, 15) is 4.79 Å². The molecule has 2 heterocycles. The molecule has 28 heavy (non-hydrogen) atoms. The number of carbonyl (C=O) groups is 1. The average molecular weight is 375 g/mol. The van der Waals surface area contributed by atoms with Gasteiger partial charge in [-0.05, 0) is 17.5 Å². The van der Waals surface area contributed by atoms with E-state index in [0.717, 1.165) is 36.6 Å². The molecule has 0 radical (unpaired) electrons. The fourth-order valence-corrected chi connectivity index (χ4v) is 3.78. The highest BCUT2D eigenvalue weighted by molar-refractivity contribution is 5.84. The molecule has 0 saturated carbocycles. The lowest BCUT2D eigenvalue weighted by Crippen LogP contribution is -2.42. The van der Waals surface area contributed by atoms with Crippen molar-refractivity contribution in [1.82, 2.24) is 19.7 Å². The number of rotatable bonds is 6. The van der Waals surface area contributed by atoms with Crippen molar-refractivity contribution >= 4 is 5.91 Å². The summed E-state index contributed by atoms with van der Waals surface area (Å²) in [5.41, 5.74) is 8.18. The van der Waals surface area contributed by atoms with Gasteiger partial charge in [0, 0.05) is 26.1 Å². The summed E-state index contributed by atoms with van der Waals surface area (Å²) >= 11 is 0. The molecule has 1 aliphatic heterocycles. The van der Waals surface area contributed by atoms with Crippen molar-refractivity contribution in [3.8, 4) is 0 Å². The fraction of sp³-hybridized carbons (Fsp3) is 0.318. The zero-order valence-electron chi connectivity index (χ0n) is 15.9. The predicted octanol–water partition coefficient (Wildman–Crippen LogP) is 2.15. The van der Waals surface area contributed by atoms with E-state index in [1.165, 1.54) is 5.56 Å². The second-order valence-corrected chi connectivity index (χ2v) is 7.13. The number of benzene rings is 2. The van der Waals surface area contributed by atoms with Crippen molar-refractivity contribution in [2.24, 2.45) is 5.73 Å². The highest BCUT2D eigenvalue weighted by Crippen LogP contribution is 2.21. The second kappa shape index (κ2) is 8.35. The minimum atomic E-state index is -0.312. The molecule has 4 rings (SSSR count). The molecule has 3 aromatic rings. The van der Waals surface area contributed by atoms with Gasteiger partial charge in [0.05, 0.1) is 12.5 Å². The van der Waals surface area contributed by atoms with Gasteiger partial charge in [-0.2, -0.15) is 0 Å². The van der Waals surface area contributed by atoms with E-state index in [1.807, 2.05) is 41.3 Å². The predicted molar refractivity (Wildman–Crippen MR) is 108 cm³/mol. The first-order valence-electron chi connectivity index (χ1n) is 9.75. The lowest BCUT2D eigenvalue weighted by atomic mass is 9.97. The minimum Gasteiger partial charge on any atom is -0.333 e. The minimum absolute atomic E-state index is 0.0637. The van der Waals surface area contributed by atoms with Crippen LogP contribution in [0.15, 0.2) is 60.7 Å². The van der Waals surface area contributed by atoms with Crippen LogP contribution in [0.5, 0.6) is 0 Å². The largest absolute Gasteiger partial charge is 0.333 e. The normalized spacial score (nSPS) is 14.5. The van der Waals surface area contributed by atoms with Crippen LogP contribution >= 0.6 is 0 Å². The summed E-state index contributed by atoms with van der Waals surface area (Å²) < 4.78 is 2.16. The highest BCUT2D eigenvalue weighted by Gasteiger charge is 2.29. The summed E-state index contributed by atoms with van der Waals surface area (Å²) in [6, 6.07) is 20.1. The van der Waals surface area contributed by atoms with Crippen molar-refractivity contribution < 1.29 is 4.79 Å². The van der Waals surface area contributed by atoms with Crippen molar-refractivity contribution in [3.63, 3.8) is 0 Å². The van der Waals surface area contributed by atoms with E-state index in [1.54, 1.807) is 0 Å². The van der Waals surface area contributed by atoms with Crippen LogP contribution in [0, 0.1) is 0 Å². The number of fused-ring (bicyclic) bond motifs is 1. The Morgan fingerprint density at radius 1 is 0.964 bits per heavy atom. The molecule has 6 heteroatoms. The topological polar surface area (TPSA) is 77.0 Å². The Morgan fingerprint density at radius 2 is 1.68 bits per heavy atom. The average Bonchev–Trinajstić information content (AvgIpc) is 3.16. The van der Waals surface area contributed by atoms with E-state index < -0.39 is 0 Å². The number of nitrogens with two attached hydrogens (primary N) is 1. The summed E-state index contributed by atoms with van der Waals surface area (Å²) in [6.07, 6.45) is 1.78. The third-order valence-electron chi connectivity index (χ3n) is 5.36. The Bertz CT molecular complexity index is 923. The first-order chi connectivity index (χ1) is 13.8. The standard InChI is InChI=1S/C22H25N5O/c23-15-19(18-9-5-2-6-10-18)22(28)26-13-14-27-20(24-25-21(27)16-26)12-11-17-7-3-1-4-8-17/h1-10,19H,11-16,23H2. The molecule has 1 unspecified atom stereocenters. The van der Waals surface area contributed by atoms with Crippen molar-refractivity contribution in [1.29, 1.82) is 0 Å². The zero-order valence-corrected chi connectivity index (χ0v) is 15.9. The number of nitrogens with zero attached hydrogens (tertiary/aromatic N) is 4. The third-order valence-corrected chi connectivity index (χ3v) is 5.36. The Labute approximate surface area is 165 Å².